The van der Waals surface area contributed by atoms with Gasteiger partial charge in [0, 0.05) is 19.0 Å². The second kappa shape index (κ2) is 6.37. The van der Waals surface area contributed by atoms with Gasteiger partial charge in [-0.3, -0.25) is 0 Å². The van der Waals surface area contributed by atoms with E-state index in [2.05, 4.69) is 15.5 Å². The van der Waals surface area contributed by atoms with E-state index in [1.807, 2.05) is 6.92 Å². The lowest BCUT2D eigenvalue weighted by Gasteiger charge is -2.23. The molecule has 24 heavy (non-hydrogen) atoms. The largest absolute Gasteiger partial charge is 0.339 e. The zero-order chi connectivity index (χ0) is 16.6. The molecule has 2 amide bonds. The van der Waals surface area contributed by atoms with Gasteiger partial charge in [-0.25, -0.2) is 4.79 Å². The van der Waals surface area contributed by atoms with Gasteiger partial charge in [0.05, 0.1) is 6.54 Å². The lowest BCUT2D eigenvalue weighted by atomic mass is 9.84. The van der Waals surface area contributed by atoms with Gasteiger partial charge in [0.1, 0.15) is 0 Å². The van der Waals surface area contributed by atoms with Gasteiger partial charge in [-0.2, -0.15) is 4.98 Å². The first-order valence-electron chi connectivity index (χ1n) is 9.55. The van der Waals surface area contributed by atoms with Crippen LogP contribution in [0.15, 0.2) is 4.52 Å². The molecule has 1 aromatic rings. The van der Waals surface area contributed by atoms with E-state index in [0.717, 1.165) is 25.3 Å². The van der Waals surface area contributed by atoms with E-state index in [0.29, 0.717) is 36.2 Å². The van der Waals surface area contributed by atoms with Gasteiger partial charge < -0.3 is 14.7 Å². The third-order valence-corrected chi connectivity index (χ3v) is 6.12. The minimum atomic E-state index is -0.00636. The van der Waals surface area contributed by atoms with Crippen LogP contribution in [-0.2, 0) is 6.54 Å². The van der Waals surface area contributed by atoms with Crippen LogP contribution in [0.1, 0.15) is 75.9 Å². The summed E-state index contributed by atoms with van der Waals surface area (Å²) in [6.45, 7) is 3.87. The van der Waals surface area contributed by atoms with Crippen LogP contribution in [0.2, 0.25) is 0 Å². The maximum atomic E-state index is 12.5. The van der Waals surface area contributed by atoms with Crippen LogP contribution in [0.3, 0.4) is 0 Å². The van der Waals surface area contributed by atoms with Gasteiger partial charge in [0.2, 0.25) is 5.89 Å². The van der Waals surface area contributed by atoms with Crippen molar-refractivity contribution in [3.63, 3.8) is 0 Å². The van der Waals surface area contributed by atoms with E-state index in [4.69, 9.17) is 4.52 Å². The van der Waals surface area contributed by atoms with Crippen molar-refractivity contribution in [1.82, 2.24) is 20.4 Å². The Balaban J connectivity index is 1.26. The topological polar surface area (TPSA) is 71.3 Å². The molecule has 3 aliphatic carbocycles. The molecule has 0 saturated heterocycles. The highest BCUT2D eigenvalue weighted by Gasteiger charge is 2.53. The molecule has 1 atom stereocenters. The van der Waals surface area contributed by atoms with Crippen molar-refractivity contribution in [2.45, 2.75) is 70.8 Å². The first-order chi connectivity index (χ1) is 11.7. The normalized spacial score (nSPS) is 24.8. The molecule has 4 rings (SSSR count). The molecule has 6 nitrogen and oxygen atoms in total. The smallest absolute Gasteiger partial charge is 0.317 e. The summed E-state index contributed by atoms with van der Waals surface area (Å²) in [7, 11) is 0. The minimum Gasteiger partial charge on any atom is -0.339 e. The highest BCUT2D eigenvalue weighted by atomic mass is 16.5. The molecule has 1 N–H and O–H groups in total. The maximum Gasteiger partial charge on any atom is 0.317 e. The SMILES string of the molecule is CCN(Cc1noc(C2CC2)n1)C(=O)NC[C@H]1CC12CCCCC2. The number of urea groups is 1. The third-order valence-electron chi connectivity index (χ3n) is 6.12. The van der Waals surface area contributed by atoms with Crippen LogP contribution >= 0.6 is 0 Å². The van der Waals surface area contributed by atoms with E-state index < -0.39 is 0 Å². The molecule has 3 saturated carbocycles. The van der Waals surface area contributed by atoms with Gasteiger partial charge in [0.15, 0.2) is 5.82 Å². The Morgan fingerprint density at radius 3 is 2.83 bits per heavy atom. The fraction of sp³-hybridized carbons (Fsp3) is 0.833. The number of rotatable bonds is 6. The zero-order valence-corrected chi connectivity index (χ0v) is 14.6. The molecule has 3 fully saturated rings. The molecule has 132 valence electrons. The first-order valence-corrected chi connectivity index (χ1v) is 9.55. The van der Waals surface area contributed by atoms with Gasteiger partial charge in [-0.15, -0.1) is 0 Å². The monoisotopic (exact) mass is 332 g/mol. The Hall–Kier alpha value is -1.59. The average Bonchev–Trinajstić information content (AvgIpc) is 3.51. The van der Waals surface area contributed by atoms with Gasteiger partial charge in [0.25, 0.3) is 0 Å². The Morgan fingerprint density at radius 1 is 1.33 bits per heavy atom. The van der Waals surface area contributed by atoms with Gasteiger partial charge in [-0.1, -0.05) is 24.4 Å². The van der Waals surface area contributed by atoms with Crippen LogP contribution in [-0.4, -0.2) is 34.2 Å². The molecule has 3 aliphatic rings. The lowest BCUT2D eigenvalue weighted by Crippen LogP contribution is -2.40. The van der Waals surface area contributed by atoms with Crippen molar-refractivity contribution in [3.8, 4) is 0 Å². The van der Waals surface area contributed by atoms with E-state index in [1.54, 1.807) is 4.90 Å². The third kappa shape index (κ3) is 3.28. The van der Waals surface area contributed by atoms with E-state index in [-0.39, 0.29) is 6.03 Å². The summed E-state index contributed by atoms with van der Waals surface area (Å²) in [5, 5.41) is 7.15. The number of nitrogens with zero attached hydrogens (tertiary/aromatic N) is 3. The van der Waals surface area contributed by atoms with Gasteiger partial charge >= 0.3 is 6.03 Å². The molecule has 0 aliphatic heterocycles. The Bertz CT molecular complexity index is 590. The zero-order valence-electron chi connectivity index (χ0n) is 14.6. The predicted molar refractivity (Wildman–Crippen MR) is 89.4 cm³/mol. The Kier molecular flexibility index (Phi) is 4.22. The number of amides is 2. The number of carbonyl (C=O) groups is 1. The summed E-state index contributed by atoms with van der Waals surface area (Å²) >= 11 is 0. The molecule has 0 radical (unpaired) electrons. The standard InChI is InChI=1S/C18H28N4O2/c1-2-22(12-15-20-16(24-21-15)13-6-7-13)17(23)19-11-14-10-18(14)8-4-3-5-9-18/h13-14H,2-12H2,1H3,(H,19,23)/t14-/m1/s1. The van der Waals surface area contributed by atoms with Crippen molar-refractivity contribution < 1.29 is 9.32 Å². The summed E-state index contributed by atoms with van der Waals surface area (Å²) in [4.78, 5) is 18.6. The fourth-order valence-electron chi connectivity index (χ4n) is 4.24. The molecule has 1 heterocycles. The molecule has 6 heteroatoms. The number of aromatic nitrogens is 2. The summed E-state index contributed by atoms with van der Waals surface area (Å²) < 4.78 is 5.28. The van der Waals surface area contributed by atoms with Gasteiger partial charge in [-0.05, 0) is 50.4 Å². The van der Waals surface area contributed by atoms with Crippen LogP contribution in [0.4, 0.5) is 4.79 Å². The van der Waals surface area contributed by atoms with Crippen molar-refractivity contribution >= 4 is 6.03 Å². The molecule has 0 aromatic carbocycles. The van der Waals surface area contributed by atoms with Crippen molar-refractivity contribution in [2.24, 2.45) is 11.3 Å². The van der Waals surface area contributed by atoms with E-state index >= 15 is 0 Å². The van der Waals surface area contributed by atoms with Crippen LogP contribution in [0, 0.1) is 11.3 Å². The molecule has 1 aromatic heterocycles. The number of carbonyl (C=O) groups excluding carboxylic acids is 1. The van der Waals surface area contributed by atoms with Crippen molar-refractivity contribution in [1.29, 1.82) is 0 Å². The molecule has 0 bridgehead atoms. The predicted octanol–water partition coefficient (Wildman–Crippen LogP) is 3.45. The second-order valence-electron chi connectivity index (χ2n) is 7.85. The number of hydrogen-bond donors (Lipinski definition) is 1. The average molecular weight is 332 g/mol. The molecular weight excluding hydrogens is 304 g/mol. The highest BCUT2D eigenvalue weighted by molar-refractivity contribution is 5.74. The molecular formula is C18H28N4O2. The quantitative estimate of drug-likeness (QED) is 0.866. The second-order valence-corrected chi connectivity index (χ2v) is 7.85. The lowest BCUT2D eigenvalue weighted by molar-refractivity contribution is 0.194. The summed E-state index contributed by atoms with van der Waals surface area (Å²) in [5.41, 5.74) is 0.565. The number of hydrogen-bond acceptors (Lipinski definition) is 4. The first kappa shape index (κ1) is 15.9. The molecule has 0 unspecified atom stereocenters. The van der Waals surface area contributed by atoms with Crippen LogP contribution in [0.25, 0.3) is 0 Å². The van der Waals surface area contributed by atoms with Crippen LogP contribution in [0.5, 0.6) is 0 Å². The van der Waals surface area contributed by atoms with E-state index in [1.165, 1.54) is 38.5 Å². The number of nitrogens with one attached hydrogen (secondary N) is 1. The fourth-order valence-corrected chi connectivity index (χ4v) is 4.24. The maximum absolute atomic E-state index is 12.5. The van der Waals surface area contributed by atoms with Crippen molar-refractivity contribution in [2.75, 3.05) is 13.1 Å². The summed E-state index contributed by atoms with van der Waals surface area (Å²) in [6, 6.07) is -0.00636. The highest BCUT2D eigenvalue weighted by Crippen LogP contribution is 2.60. The molecule has 1 spiro atoms. The summed E-state index contributed by atoms with van der Waals surface area (Å²) in [5.74, 6) is 2.49. The summed E-state index contributed by atoms with van der Waals surface area (Å²) in [6.07, 6.45) is 10.4. The minimum absolute atomic E-state index is 0.00636. The van der Waals surface area contributed by atoms with Crippen molar-refractivity contribution in [3.05, 3.63) is 11.7 Å². The van der Waals surface area contributed by atoms with E-state index in [9.17, 15) is 4.79 Å². The Labute approximate surface area is 143 Å². The Morgan fingerprint density at radius 2 is 2.12 bits per heavy atom. The van der Waals surface area contributed by atoms with Crippen LogP contribution < -0.4 is 5.32 Å².